The van der Waals surface area contributed by atoms with E-state index >= 15 is 0 Å². The summed E-state index contributed by atoms with van der Waals surface area (Å²) in [7, 11) is 0. The van der Waals surface area contributed by atoms with E-state index in [2.05, 4.69) is 15.1 Å². The Morgan fingerprint density at radius 2 is 1.96 bits per heavy atom. The SMILES string of the molecule is CC(=O)Oc1[nH]n(-c2ccccc2Cl)c(=O)c1C(C)=NCc1ccccn1. The summed E-state index contributed by atoms with van der Waals surface area (Å²) in [4.78, 5) is 33.0. The summed E-state index contributed by atoms with van der Waals surface area (Å²) >= 11 is 6.19. The first kappa shape index (κ1) is 18.6. The number of H-pyrrole nitrogens is 1. The number of carbonyl (C=O) groups excluding carboxylic acids is 1. The Hall–Kier alpha value is -3.19. The van der Waals surface area contributed by atoms with E-state index in [1.807, 2.05) is 18.2 Å². The Labute approximate surface area is 160 Å². The summed E-state index contributed by atoms with van der Waals surface area (Å²) < 4.78 is 6.42. The molecule has 2 aromatic heterocycles. The van der Waals surface area contributed by atoms with Crippen LogP contribution in [0.2, 0.25) is 5.02 Å². The number of nitrogens with zero attached hydrogens (tertiary/aromatic N) is 3. The van der Waals surface area contributed by atoms with Crippen LogP contribution in [0, 0.1) is 0 Å². The predicted octanol–water partition coefficient (Wildman–Crippen LogP) is 3.15. The van der Waals surface area contributed by atoms with E-state index < -0.39 is 11.5 Å². The van der Waals surface area contributed by atoms with Crippen LogP contribution in [-0.2, 0) is 11.3 Å². The van der Waals surface area contributed by atoms with Gasteiger partial charge < -0.3 is 4.74 Å². The van der Waals surface area contributed by atoms with Gasteiger partial charge in [-0.3, -0.25) is 24.7 Å². The molecule has 0 saturated carbocycles. The zero-order valence-electron chi connectivity index (χ0n) is 14.8. The standard InChI is InChI=1S/C19H17ClN4O3/c1-12(22-11-14-7-5-6-10-21-14)17-18(27-13(2)25)23-24(19(17)26)16-9-4-3-8-15(16)20/h3-10,23H,11H2,1-2H3. The lowest BCUT2D eigenvalue weighted by Crippen LogP contribution is -2.20. The van der Waals surface area contributed by atoms with Crippen LogP contribution < -0.4 is 10.3 Å². The molecule has 3 aromatic rings. The first-order chi connectivity index (χ1) is 13.0. The fourth-order valence-electron chi connectivity index (χ4n) is 2.53. The highest BCUT2D eigenvalue weighted by atomic mass is 35.5. The van der Waals surface area contributed by atoms with Crippen LogP contribution in [0.3, 0.4) is 0 Å². The summed E-state index contributed by atoms with van der Waals surface area (Å²) in [5, 5.41) is 3.18. The van der Waals surface area contributed by atoms with E-state index in [9.17, 15) is 9.59 Å². The van der Waals surface area contributed by atoms with Gasteiger partial charge in [0.25, 0.3) is 5.56 Å². The minimum atomic E-state index is -0.554. The molecule has 0 fully saturated rings. The molecule has 1 N–H and O–H groups in total. The molecule has 0 bridgehead atoms. The average molecular weight is 385 g/mol. The van der Waals surface area contributed by atoms with E-state index in [-0.39, 0.29) is 11.4 Å². The largest absolute Gasteiger partial charge is 0.407 e. The number of aliphatic imine (C=N–C) groups is 1. The first-order valence-electron chi connectivity index (χ1n) is 8.17. The number of hydrogen-bond donors (Lipinski definition) is 1. The smallest absolute Gasteiger partial charge is 0.309 e. The Bertz CT molecular complexity index is 1050. The molecule has 7 nitrogen and oxygen atoms in total. The number of aromatic nitrogens is 3. The van der Waals surface area contributed by atoms with Crippen molar-refractivity contribution in [3.05, 3.63) is 75.3 Å². The molecule has 0 spiro atoms. The molecule has 0 unspecified atom stereocenters. The minimum Gasteiger partial charge on any atom is -0.407 e. The second kappa shape index (κ2) is 8.01. The Morgan fingerprint density at radius 3 is 2.63 bits per heavy atom. The number of ether oxygens (including phenoxy) is 1. The van der Waals surface area contributed by atoms with Gasteiger partial charge in [0.05, 0.1) is 28.7 Å². The van der Waals surface area contributed by atoms with Crippen LogP contribution >= 0.6 is 11.6 Å². The van der Waals surface area contributed by atoms with Crippen molar-refractivity contribution in [2.24, 2.45) is 4.99 Å². The molecule has 138 valence electrons. The lowest BCUT2D eigenvalue weighted by Gasteiger charge is -2.03. The van der Waals surface area contributed by atoms with Crippen molar-refractivity contribution in [3.63, 3.8) is 0 Å². The highest BCUT2D eigenvalue weighted by molar-refractivity contribution is 6.32. The topological polar surface area (TPSA) is 89.3 Å². The maximum atomic E-state index is 13.0. The fraction of sp³-hybridized carbons (Fsp3) is 0.158. The van der Waals surface area contributed by atoms with Gasteiger partial charge in [0.1, 0.15) is 5.56 Å². The van der Waals surface area contributed by atoms with Crippen molar-refractivity contribution >= 4 is 23.3 Å². The Balaban J connectivity index is 2.06. The molecule has 0 aliphatic rings. The van der Waals surface area contributed by atoms with Crippen LogP contribution in [0.4, 0.5) is 0 Å². The van der Waals surface area contributed by atoms with Crippen LogP contribution in [0.1, 0.15) is 25.1 Å². The second-order valence-electron chi connectivity index (χ2n) is 5.72. The van der Waals surface area contributed by atoms with E-state index in [0.717, 1.165) is 5.69 Å². The molecular weight excluding hydrogens is 368 g/mol. The lowest BCUT2D eigenvalue weighted by atomic mass is 10.2. The maximum Gasteiger partial charge on any atom is 0.309 e. The second-order valence-corrected chi connectivity index (χ2v) is 6.13. The molecule has 27 heavy (non-hydrogen) atoms. The predicted molar refractivity (Wildman–Crippen MR) is 103 cm³/mol. The molecule has 0 amide bonds. The van der Waals surface area contributed by atoms with Crippen molar-refractivity contribution in [1.82, 2.24) is 14.8 Å². The third kappa shape index (κ3) is 4.15. The van der Waals surface area contributed by atoms with Gasteiger partial charge in [-0.25, -0.2) is 4.68 Å². The van der Waals surface area contributed by atoms with Crippen molar-refractivity contribution in [1.29, 1.82) is 0 Å². The van der Waals surface area contributed by atoms with Crippen molar-refractivity contribution in [2.45, 2.75) is 20.4 Å². The first-order valence-corrected chi connectivity index (χ1v) is 8.55. The molecular formula is C19H17ClN4O3. The molecule has 2 heterocycles. The van der Waals surface area contributed by atoms with Crippen LogP contribution in [0.25, 0.3) is 5.69 Å². The molecule has 3 rings (SSSR count). The van der Waals surface area contributed by atoms with Crippen molar-refractivity contribution in [2.75, 3.05) is 0 Å². The van der Waals surface area contributed by atoms with Crippen molar-refractivity contribution in [3.8, 4) is 11.6 Å². The van der Waals surface area contributed by atoms with Gasteiger partial charge in [0, 0.05) is 13.1 Å². The van der Waals surface area contributed by atoms with Gasteiger partial charge in [-0.1, -0.05) is 29.8 Å². The van der Waals surface area contributed by atoms with E-state index in [1.165, 1.54) is 11.6 Å². The number of carbonyl (C=O) groups is 1. The number of esters is 1. The van der Waals surface area contributed by atoms with E-state index in [1.54, 1.807) is 37.4 Å². The molecule has 0 atom stereocenters. The minimum absolute atomic E-state index is 0.0229. The summed E-state index contributed by atoms with van der Waals surface area (Å²) in [6, 6.07) is 12.4. The van der Waals surface area contributed by atoms with Gasteiger partial charge in [-0.2, -0.15) is 0 Å². The van der Waals surface area contributed by atoms with Gasteiger partial charge in [0.2, 0.25) is 5.88 Å². The molecule has 1 aromatic carbocycles. The number of hydrogen-bond acceptors (Lipinski definition) is 5. The quantitative estimate of drug-likeness (QED) is 0.540. The number of nitrogens with one attached hydrogen (secondary N) is 1. The van der Waals surface area contributed by atoms with Gasteiger partial charge in [-0.15, -0.1) is 0 Å². The van der Waals surface area contributed by atoms with Gasteiger partial charge in [0.15, 0.2) is 0 Å². The van der Waals surface area contributed by atoms with Gasteiger partial charge in [-0.05, 0) is 31.2 Å². The molecule has 0 radical (unpaired) electrons. The maximum absolute atomic E-state index is 13.0. The zero-order valence-corrected chi connectivity index (χ0v) is 15.5. The highest BCUT2D eigenvalue weighted by Crippen LogP contribution is 2.21. The van der Waals surface area contributed by atoms with E-state index in [0.29, 0.717) is 23.0 Å². The monoisotopic (exact) mass is 384 g/mol. The number of halogens is 1. The third-order valence-electron chi connectivity index (χ3n) is 3.76. The summed E-state index contributed by atoms with van der Waals surface area (Å²) in [6.45, 7) is 3.23. The Kier molecular flexibility index (Phi) is 5.52. The van der Waals surface area contributed by atoms with Crippen LogP contribution in [-0.4, -0.2) is 26.4 Å². The number of para-hydroxylation sites is 1. The lowest BCUT2D eigenvalue weighted by molar-refractivity contribution is -0.132. The van der Waals surface area contributed by atoms with Crippen molar-refractivity contribution < 1.29 is 9.53 Å². The molecule has 0 aliphatic heterocycles. The number of pyridine rings is 1. The average Bonchev–Trinajstić information content (AvgIpc) is 2.96. The number of benzene rings is 1. The normalized spacial score (nSPS) is 11.4. The highest BCUT2D eigenvalue weighted by Gasteiger charge is 2.21. The van der Waals surface area contributed by atoms with Crippen LogP contribution in [0.15, 0.2) is 58.4 Å². The number of rotatable bonds is 5. The molecule has 8 heteroatoms. The molecule has 0 saturated heterocycles. The molecule has 0 aliphatic carbocycles. The zero-order chi connectivity index (χ0) is 19.4. The van der Waals surface area contributed by atoms with Gasteiger partial charge >= 0.3 is 5.97 Å². The summed E-state index contributed by atoms with van der Waals surface area (Å²) in [5.74, 6) is -0.531. The summed E-state index contributed by atoms with van der Waals surface area (Å²) in [5.41, 5.74) is 1.38. The summed E-state index contributed by atoms with van der Waals surface area (Å²) in [6.07, 6.45) is 1.67. The van der Waals surface area contributed by atoms with E-state index in [4.69, 9.17) is 16.3 Å². The number of aromatic amines is 1. The third-order valence-corrected chi connectivity index (χ3v) is 4.08. The fourth-order valence-corrected chi connectivity index (χ4v) is 2.75. The van der Waals surface area contributed by atoms with Crippen LogP contribution in [0.5, 0.6) is 5.88 Å². The Morgan fingerprint density at radius 1 is 1.22 bits per heavy atom.